The predicted molar refractivity (Wildman–Crippen MR) is 56.2 cm³/mol. The fourth-order valence-electron chi connectivity index (χ4n) is 1.48. The zero-order valence-electron chi connectivity index (χ0n) is 8.73. The largest absolute Gasteiger partial charge is 0.493 e. The topological polar surface area (TPSA) is 129 Å². The van der Waals surface area contributed by atoms with Gasteiger partial charge in [-0.1, -0.05) is 13.3 Å². The monoisotopic (exact) mass is 227 g/mol. The molecule has 0 aliphatic rings. The molecule has 1 aromatic rings. The Bertz CT molecular complexity index is 455. The molecule has 0 spiro atoms. The summed E-state index contributed by atoms with van der Waals surface area (Å²) in [6.45, 7) is 1.78. The number of H-pyrrole nitrogens is 1. The maximum absolute atomic E-state index is 11.5. The van der Waals surface area contributed by atoms with Crippen LogP contribution in [-0.2, 0) is 4.79 Å². The Hall–Kier alpha value is -2.05. The van der Waals surface area contributed by atoms with E-state index in [9.17, 15) is 14.7 Å². The maximum atomic E-state index is 11.5. The van der Waals surface area contributed by atoms with Crippen molar-refractivity contribution in [1.82, 2.24) is 9.97 Å². The lowest BCUT2D eigenvalue weighted by Gasteiger charge is -2.11. The fraction of sp³-hybridized carbons (Fsp3) is 0.444. The number of anilines is 1. The van der Waals surface area contributed by atoms with Crippen molar-refractivity contribution >= 4 is 11.9 Å². The van der Waals surface area contributed by atoms with Crippen molar-refractivity contribution in [2.75, 3.05) is 5.73 Å². The maximum Gasteiger partial charge on any atom is 0.311 e. The first-order valence-corrected chi connectivity index (χ1v) is 4.78. The Kier molecular flexibility index (Phi) is 3.49. The summed E-state index contributed by atoms with van der Waals surface area (Å²) in [5.41, 5.74) is 4.24. The number of aromatic nitrogens is 2. The van der Waals surface area contributed by atoms with E-state index in [0.717, 1.165) is 0 Å². The van der Waals surface area contributed by atoms with E-state index >= 15 is 0 Å². The van der Waals surface area contributed by atoms with Crippen LogP contribution in [0.15, 0.2) is 4.79 Å². The zero-order chi connectivity index (χ0) is 12.3. The molecule has 1 aromatic heterocycles. The van der Waals surface area contributed by atoms with E-state index in [4.69, 9.17) is 10.8 Å². The van der Waals surface area contributed by atoms with Crippen molar-refractivity contribution in [3.63, 3.8) is 0 Å². The normalized spacial score (nSPS) is 12.3. The quantitative estimate of drug-likeness (QED) is 0.574. The van der Waals surface area contributed by atoms with E-state index < -0.39 is 23.3 Å². The van der Waals surface area contributed by atoms with Crippen LogP contribution in [0.5, 0.6) is 5.88 Å². The SMILES string of the molecule is CCCC(C(=O)O)c1c(O)nc(N)[nH]c1=O. The molecule has 5 N–H and O–H groups in total. The molecule has 88 valence electrons. The third-order valence-electron chi connectivity index (χ3n) is 2.18. The van der Waals surface area contributed by atoms with Gasteiger partial charge in [0.15, 0.2) is 0 Å². The van der Waals surface area contributed by atoms with E-state index in [1.807, 2.05) is 0 Å². The van der Waals surface area contributed by atoms with E-state index in [0.29, 0.717) is 6.42 Å². The number of hydrogen-bond donors (Lipinski definition) is 4. The minimum Gasteiger partial charge on any atom is -0.493 e. The summed E-state index contributed by atoms with van der Waals surface area (Å²) in [6, 6.07) is 0. The summed E-state index contributed by atoms with van der Waals surface area (Å²) < 4.78 is 0. The minimum absolute atomic E-state index is 0.244. The Morgan fingerprint density at radius 3 is 2.69 bits per heavy atom. The van der Waals surface area contributed by atoms with Crippen LogP contribution >= 0.6 is 0 Å². The molecule has 0 saturated heterocycles. The molecule has 0 fully saturated rings. The van der Waals surface area contributed by atoms with Crippen molar-refractivity contribution in [2.24, 2.45) is 0 Å². The summed E-state index contributed by atoms with van der Waals surface area (Å²) in [5, 5.41) is 18.4. The molecule has 0 radical (unpaired) electrons. The van der Waals surface area contributed by atoms with Gasteiger partial charge in [-0.3, -0.25) is 14.6 Å². The van der Waals surface area contributed by atoms with Crippen LogP contribution in [0.25, 0.3) is 0 Å². The van der Waals surface area contributed by atoms with Gasteiger partial charge in [-0.25, -0.2) is 0 Å². The molecule has 0 saturated carbocycles. The van der Waals surface area contributed by atoms with Gasteiger partial charge >= 0.3 is 5.97 Å². The number of nitrogens with zero attached hydrogens (tertiary/aromatic N) is 1. The highest BCUT2D eigenvalue weighted by molar-refractivity contribution is 5.76. The van der Waals surface area contributed by atoms with Gasteiger partial charge in [-0.2, -0.15) is 4.98 Å². The molecule has 16 heavy (non-hydrogen) atoms. The number of nitrogens with two attached hydrogens (primary N) is 1. The number of aliphatic carboxylic acids is 1. The molecular formula is C9H13N3O4. The van der Waals surface area contributed by atoms with E-state index in [1.54, 1.807) is 6.92 Å². The van der Waals surface area contributed by atoms with Gasteiger partial charge in [-0.05, 0) is 6.42 Å². The van der Waals surface area contributed by atoms with Crippen LogP contribution in [0, 0.1) is 0 Å². The predicted octanol–water partition coefficient (Wildman–Crippen LogP) is 0.0260. The van der Waals surface area contributed by atoms with Crippen molar-refractivity contribution in [3.8, 4) is 5.88 Å². The molecule has 0 aliphatic carbocycles. The summed E-state index contributed by atoms with van der Waals surface area (Å²) in [7, 11) is 0. The van der Waals surface area contributed by atoms with Crippen molar-refractivity contribution in [2.45, 2.75) is 25.7 Å². The van der Waals surface area contributed by atoms with E-state index in [2.05, 4.69) is 9.97 Å². The lowest BCUT2D eigenvalue weighted by molar-refractivity contribution is -0.139. The van der Waals surface area contributed by atoms with Crippen LogP contribution in [0.2, 0.25) is 0 Å². The average molecular weight is 227 g/mol. The van der Waals surface area contributed by atoms with Gasteiger partial charge in [0, 0.05) is 0 Å². The van der Waals surface area contributed by atoms with Gasteiger partial charge in [-0.15, -0.1) is 0 Å². The number of carbonyl (C=O) groups is 1. The molecule has 1 unspecified atom stereocenters. The number of carboxylic acids is 1. The smallest absolute Gasteiger partial charge is 0.311 e. The highest BCUT2D eigenvalue weighted by atomic mass is 16.4. The molecule has 1 heterocycles. The van der Waals surface area contributed by atoms with Crippen LogP contribution in [0.3, 0.4) is 0 Å². The number of aromatic amines is 1. The number of rotatable bonds is 4. The average Bonchev–Trinajstić information content (AvgIpc) is 2.14. The second-order valence-electron chi connectivity index (χ2n) is 3.37. The summed E-state index contributed by atoms with van der Waals surface area (Å²) in [4.78, 5) is 28.0. The first-order chi connectivity index (χ1) is 7.47. The lowest BCUT2D eigenvalue weighted by Crippen LogP contribution is -2.23. The number of hydrogen-bond acceptors (Lipinski definition) is 5. The summed E-state index contributed by atoms with van der Waals surface area (Å²) in [6.07, 6.45) is 0.817. The van der Waals surface area contributed by atoms with Crippen molar-refractivity contribution in [1.29, 1.82) is 0 Å². The number of aromatic hydroxyl groups is 1. The Morgan fingerprint density at radius 1 is 1.62 bits per heavy atom. The molecule has 7 nitrogen and oxygen atoms in total. The molecule has 1 atom stereocenters. The molecule has 0 bridgehead atoms. The number of nitrogen functional groups attached to an aromatic ring is 1. The van der Waals surface area contributed by atoms with Crippen LogP contribution in [-0.4, -0.2) is 26.2 Å². The van der Waals surface area contributed by atoms with E-state index in [-0.39, 0.29) is 17.9 Å². The zero-order valence-corrected chi connectivity index (χ0v) is 8.73. The van der Waals surface area contributed by atoms with Gasteiger partial charge < -0.3 is 15.9 Å². The first kappa shape index (κ1) is 12.0. The third kappa shape index (κ3) is 2.30. The van der Waals surface area contributed by atoms with Crippen LogP contribution in [0.4, 0.5) is 5.95 Å². The van der Waals surface area contributed by atoms with Crippen molar-refractivity contribution < 1.29 is 15.0 Å². The molecule has 0 aliphatic heterocycles. The molecule has 1 rings (SSSR count). The van der Waals surface area contributed by atoms with Gasteiger partial charge in [0.05, 0.1) is 11.5 Å². The summed E-state index contributed by atoms with van der Waals surface area (Å²) >= 11 is 0. The Morgan fingerprint density at radius 2 is 2.25 bits per heavy atom. The second-order valence-corrected chi connectivity index (χ2v) is 3.37. The number of carboxylic acid groups (broad SMARTS) is 1. The third-order valence-corrected chi connectivity index (χ3v) is 2.18. The number of nitrogens with one attached hydrogen (secondary N) is 1. The summed E-state index contributed by atoms with van der Waals surface area (Å²) in [5.74, 6) is -3.11. The molecule has 0 amide bonds. The van der Waals surface area contributed by atoms with Crippen LogP contribution in [0.1, 0.15) is 31.2 Å². The minimum atomic E-state index is -1.17. The fourth-order valence-corrected chi connectivity index (χ4v) is 1.48. The highest BCUT2D eigenvalue weighted by Gasteiger charge is 2.26. The highest BCUT2D eigenvalue weighted by Crippen LogP contribution is 2.24. The lowest BCUT2D eigenvalue weighted by atomic mass is 9.96. The molecule has 7 heteroatoms. The standard InChI is InChI=1S/C9H13N3O4/c1-2-3-4(8(15)16)5-6(13)11-9(10)12-7(5)14/h4H,2-3H2,1H3,(H,15,16)(H4,10,11,12,13,14). The first-order valence-electron chi connectivity index (χ1n) is 4.78. The molecule has 0 aromatic carbocycles. The second kappa shape index (κ2) is 4.65. The van der Waals surface area contributed by atoms with Crippen LogP contribution < -0.4 is 11.3 Å². The van der Waals surface area contributed by atoms with Gasteiger partial charge in [0.25, 0.3) is 5.56 Å². The Balaban J connectivity index is 3.29. The Labute approximate surface area is 90.9 Å². The van der Waals surface area contributed by atoms with Crippen molar-refractivity contribution in [3.05, 3.63) is 15.9 Å². The van der Waals surface area contributed by atoms with Gasteiger partial charge in [0.1, 0.15) is 0 Å². The molecular weight excluding hydrogens is 214 g/mol. The van der Waals surface area contributed by atoms with Gasteiger partial charge in [0.2, 0.25) is 11.8 Å². The van der Waals surface area contributed by atoms with E-state index in [1.165, 1.54) is 0 Å².